The average molecular weight is 368 g/mol. The minimum atomic E-state index is -0.529. The standard InChI is InChI=1S/C11H9FO2.C10H12N2O/c1-2-7-6-9(13)11-8(12)4-3-5-10(11)14-7;1-4-8-7-10(13)12(6-3)9(5-2)11-8/h3-6H,2H2,1H3;5-7H,2-4H2,1H3. The summed E-state index contributed by atoms with van der Waals surface area (Å²) in [4.78, 5) is 27.1. The summed E-state index contributed by atoms with van der Waals surface area (Å²) in [7, 11) is 0. The highest BCUT2D eigenvalue weighted by atomic mass is 19.1. The Morgan fingerprint density at radius 3 is 2.52 bits per heavy atom. The highest BCUT2D eigenvalue weighted by Gasteiger charge is 2.07. The van der Waals surface area contributed by atoms with E-state index in [2.05, 4.69) is 18.1 Å². The van der Waals surface area contributed by atoms with E-state index in [4.69, 9.17) is 4.42 Å². The Labute approximate surface area is 156 Å². The molecule has 3 rings (SSSR count). The fraction of sp³-hybridized carbons (Fsp3) is 0.190. The topological polar surface area (TPSA) is 65.1 Å². The lowest BCUT2D eigenvalue weighted by Gasteiger charge is -2.04. The lowest BCUT2D eigenvalue weighted by molar-refractivity contribution is 0.539. The van der Waals surface area contributed by atoms with Gasteiger partial charge in [-0.2, -0.15) is 0 Å². The van der Waals surface area contributed by atoms with Crippen LogP contribution in [0.5, 0.6) is 0 Å². The number of aromatic nitrogens is 2. The molecule has 6 heteroatoms. The summed E-state index contributed by atoms with van der Waals surface area (Å²) >= 11 is 0. The Kier molecular flexibility index (Phi) is 6.60. The van der Waals surface area contributed by atoms with E-state index < -0.39 is 5.82 Å². The molecule has 2 heterocycles. The maximum Gasteiger partial charge on any atom is 0.258 e. The van der Waals surface area contributed by atoms with Crippen molar-refractivity contribution in [2.24, 2.45) is 0 Å². The summed E-state index contributed by atoms with van der Waals surface area (Å²) < 4.78 is 19.9. The summed E-state index contributed by atoms with van der Waals surface area (Å²) in [5, 5.41) is 0.0321. The molecule has 0 atom stereocenters. The molecule has 140 valence electrons. The second-order valence-electron chi connectivity index (χ2n) is 5.60. The van der Waals surface area contributed by atoms with Gasteiger partial charge in [0.15, 0.2) is 5.43 Å². The molecule has 0 aliphatic rings. The zero-order chi connectivity index (χ0) is 20.0. The van der Waals surface area contributed by atoms with Crippen molar-refractivity contribution < 1.29 is 8.81 Å². The van der Waals surface area contributed by atoms with Crippen LogP contribution in [0, 0.1) is 5.82 Å². The van der Waals surface area contributed by atoms with Crippen LogP contribution in [-0.4, -0.2) is 9.55 Å². The molecule has 0 radical (unpaired) electrons. The van der Waals surface area contributed by atoms with E-state index in [9.17, 15) is 14.0 Å². The van der Waals surface area contributed by atoms with Crippen LogP contribution in [-0.2, 0) is 12.8 Å². The predicted molar refractivity (Wildman–Crippen MR) is 106 cm³/mol. The van der Waals surface area contributed by atoms with E-state index in [1.165, 1.54) is 35.0 Å². The molecule has 0 bridgehead atoms. The monoisotopic (exact) mass is 368 g/mol. The molecule has 3 aromatic rings. The number of hydrogen-bond donors (Lipinski definition) is 0. The largest absolute Gasteiger partial charge is 0.461 e. The minimum absolute atomic E-state index is 0.0321. The van der Waals surface area contributed by atoms with Crippen molar-refractivity contribution in [2.75, 3.05) is 0 Å². The van der Waals surface area contributed by atoms with E-state index in [1.807, 2.05) is 13.8 Å². The Bertz CT molecular complexity index is 1100. The molecule has 0 aliphatic carbocycles. The molecule has 2 aromatic heterocycles. The van der Waals surface area contributed by atoms with Crippen LogP contribution >= 0.6 is 0 Å². The van der Waals surface area contributed by atoms with Gasteiger partial charge in [0.25, 0.3) is 5.56 Å². The Balaban J connectivity index is 0.000000194. The Hall–Kier alpha value is -3.28. The smallest absolute Gasteiger partial charge is 0.258 e. The van der Waals surface area contributed by atoms with Gasteiger partial charge in [0.2, 0.25) is 0 Å². The van der Waals surface area contributed by atoms with Crippen molar-refractivity contribution in [3.8, 4) is 0 Å². The van der Waals surface area contributed by atoms with Crippen molar-refractivity contribution >= 4 is 23.2 Å². The van der Waals surface area contributed by atoms with Gasteiger partial charge in [0.1, 0.15) is 28.4 Å². The van der Waals surface area contributed by atoms with Crippen LogP contribution in [0.4, 0.5) is 4.39 Å². The van der Waals surface area contributed by atoms with Crippen molar-refractivity contribution in [2.45, 2.75) is 26.7 Å². The highest BCUT2D eigenvalue weighted by Crippen LogP contribution is 2.15. The van der Waals surface area contributed by atoms with Gasteiger partial charge in [-0.1, -0.05) is 33.1 Å². The van der Waals surface area contributed by atoms with E-state index >= 15 is 0 Å². The van der Waals surface area contributed by atoms with Gasteiger partial charge in [0.05, 0.1) is 0 Å². The van der Waals surface area contributed by atoms with Crippen molar-refractivity contribution in [3.63, 3.8) is 0 Å². The SMILES string of the molecule is C=Cc1nc(CC)cc(=O)n1C=C.CCc1cc(=O)c2c(F)cccc2o1. The van der Waals surface area contributed by atoms with Crippen molar-refractivity contribution in [1.82, 2.24) is 9.55 Å². The van der Waals surface area contributed by atoms with Gasteiger partial charge >= 0.3 is 0 Å². The van der Waals surface area contributed by atoms with Gasteiger partial charge in [-0.05, 0) is 24.6 Å². The summed E-state index contributed by atoms with van der Waals surface area (Å²) in [6.45, 7) is 10.9. The van der Waals surface area contributed by atoms with Crippen LogP contribution in [0.2, 0.25) is 0 Å². The molecular formula is C21H21FN2O3. The summed E-state index contributed by atoms with van der Waals surface area (Å²) in [6.07, 6.45) is 4.35. The summed E-state index contributed by atoms with van der Waals surface area (Å²) in [5.41, 5.74) is 0.658. The number of rotatable bonds is 4. The second-order valence-corrected chi connectivity index (χ2v) is 5.60. The fourth-order valence-corrected chi connectivity index (χ4v) is 2.46. The minimum Gasteiger partial charge on any atom is -0.461 e. The number of fused-ring (bicyclic) bond motifs is 1. The van der Waals surface area contributed by atoms with Crippen LogP contribution < -0.4 is 11.0 Å². The highest BCUT2D eigenvalue weighted by molar-refractivity contribution is 5.76. The maximum atomic E-state index is 13.2. The summed E-state index contributed by atoms with van der Waals surface area (Å²) in [6, 6.07) is 7.23. The average Bonchev–Trinajstić information content (AvgIpc) is 2.67. The quantitative estimate of drug-likeness (QED) is 0.697. The maximum absolute atomic E-state index is 13.2. The van der Waals surface area contributed by atoms with Crippen LogP contribution in [0.15, 0.2) is 57.5 Å². The Morgan fingerprint density at radius 1 is 1.19 bits per heavy atom. The third-order valence-electron chi connectivity index (χ3n) is 3.86. The van der Waals surface area contributed by atoms with Gasteiger partial charge in [-0.25, -0.2) is 9.37 Å². The van der Waals surface area contributed by atoms with Crippen LogP contribution in [0.3, 0.4) is 0 Å². The van der Waals surface area contributed by atoms with E-state index in [1.54, 1.807) is 12.1 Å². The third-order valence-corrected chi connectivity index (χ3v) is 3.86. The molecule has 0 unspecified atom stereocenters. The lowest BCUT2D eigenvalue weighted by atomic mass is 10.2. The van der Waals surface area contributed by atoms with Gasteiger partial charge in [0, 0.05) is 30.4 Å². The fourth-order valence-electron chi connectivity index (χ4n) is 2.46. The van der Waals surface area contributed by atoms with Crippen molar-refractivity contribution in [3.05, 3.63) is 87.2 Å². The number of aryl methyl sites for hydroxylation is 2. The Morgan fingerprint density at radius 2 is 1.93 bits per heavy atom. The molecule has 0 amide bonds. The molecule has 0 saturated carbocycles. The molecular weight excluding hydrogens is 347 g/mol. The third kappa shape index (κ3) is 4.47. The number of hydrogen-bond acceptors (Lipinski definition) is 4. The van der Waals surface area contributed by atoms with Gasteiger partial charge in [-0.15, -0.1) is 0 Å². The molecule has 0 N–H and O–H groups in total. The van der Waals surface area contributed by atoms with E-state index in [-0.39, 0.29) is 16.4 Å². The summed E-state index contributed by atoms with van der Waals surface area (Å²) in [5.74, 6) is 0.589. The first kappa shape index (κ1) is 20.0. The number of benzene rings is 1. The first-order chi connectivity index (χ1) is 12.9. The molecule has 1 aromatic carbocycles. The first-order valence-electron chi connectivity index (χ1n) is 8.53. The normalized spacial score (nSPS) is 10.2. The van der Waals surface area contributed by atoms with E-state index in [0.29, 0.717) is 23.6 Å². The lowest BCUT2D eigenvalue weighted by Crippen LogP contribution is -2.19. The van der Waals surface area contributed by atoms with Gasteiger partial charge in [-0.3, -0.25) is 14.2 Å². The van der Waals surface area contributed by atoms with Crippen molar-refractivity contribution in [1.29, 1.82) is 0 Å². The second kappa shape index (κ2) is 8.89. The molecule has 0 fully saturated rings. The molecule has 0 aliphatic heterocycles. The number of halogens is 1. The molecule has 0 spiro atoms. The number of nitrogens with zero attached hydrogens (tertiary/aromatic N) is 2. The van der Waals surface area contributed by atoms with Crippen LogP contribution in [0.1, 0.15) is 31.1 Å². The van der Waals surface area contributed by atoms with Crippen LogP contribution in [0.25, 0.3) is 23.2 Å². The van der Waals surface area contributed by atoms with Gasteiger partial charge < -0.3 is 4.42 Å². The molecule has 0 saturated heterocycles. The molecule has 5 nitrogen and oxygen atoms in total. The first-order valence-corrected chi connectivity index (χ1v) is 8.53. The predicted octanol–water partition coefficient (Wildman–Crippen LogP) is 4.04. The molecule has 27 heavy (non-hydrogen) atoms. The zero-order valence-electron chi connectivity index (χ0n) is 15.4. The van der Waals surface area contributed by atoms with E-state index in [0.717, 1.165) is 12.1 Å². The zero-order valence-corrected chi connectivity index (χ0v) is 15.4.